The van der Waals surface area contributed by atoms with E-state index in [1.54, 1.807) is 0 Å². The third-order valence-electron chi connectivity index (χ3n) is 3.36. The van der Waals surface area contributed by atoms with Crippen molar-refractivity contribution in [3.05, 3.63) is 59.2 Å². The SMILES string of the molecule is CS(=O)(=O)c1ccccc1C(=O)Nc1cc(C(F)(F)F)ccc1C(=O)O. The van der Waals surface area contributed by atoms with Crippen LogP contribution in [0.3, 0.4) is 0 Å². The van der Waals surface area contributed by atoms with E-state index in [0.29, 0.717) is 18.2 Å². The van der Waals surface area contributed by atoms with Crippen LogP contribution < -0.4 is 5.32 Å². The lowest BCUT2D eigenvalue weighted by atomic mass is 10.1. The Kier molecular flexibility index (Phi) is 5.08. The van der Waals surface area contributed by atoms with Crippen LogP contribution in [0.2, 0.25) is 0 Å². The molecule has 1 amide bonds. The summed E-state index contributed by atoms with van der Waals surface area (Å²) in [6, 6.07) is 6.83. The van der Waals surface area contributed by atoms with Crippen LogP contribution in [0, 0.1) is 0 Å². The number of carbonyl (C=O) groups is 2. The van der Waals surface area contributed by atoms with E-state index in [4.69, 9.17) is 5.11 Å². The molecule has 2 aromatic carbocycles. The van der Waals surface area contributed by atoms with E-state index in [-0.39, 0.29) is 10.5 Å². The first-order valence-corrected chi connectivity index (χ1v) is 8.85. The smallest absolute Gasteiger partial charge is 0.416 e. The van der Waals surface area contributed by atoms with Gasteiger partial charge >= 0.3 is 12.1 Å². The molecule has 6 nitrogen and oxygen atoms in total. The third kappa shape index (κ3) is 4.20. The number of carbonyl (C=O) groups excluding carboxylic acids is 1. The molecular formula is C16H12F3NO5S. The maximum atomic E-state index is 12.8. The van der Waals surface area contributed by atoms with E-state index in [0.717, 1.165) is 12.3 Å². The van der Waals surface area contributed by atoms with Gasteiger partial charge in [-0.15, -0.1) is 0 Å². The first-order valence-electron chi connectivity index (χ1n) is 6.96. The predicted molar refractivity (Wildman–Crippen MR) is 85.9 cm³/mol. The average Bonchev–Trinajstić information content (AvgIpc) is 2.52. The number of hydrogen-bond donors (Lipinski definition) is 2. The Hall–Kier alpha value is -2.88. The van der Waals surface area contributed by atoms with Crippen molar-refractivity contribution < 1.29 is 36.3 Å². The highest BCUT2D eigenvalue weighted by molar-refractivity contribution is 7.90. The Morgan fingerprint density at radius 1 is 1.04 bits per heavy atom. The number of carboxylic acids is 1. The second-order valence-electron chi connectivity index (χ2n) is 5.29. The summed E-state index contributed by atoms with van der Waals surface area (Å²) < 4.78 is 62.0. The molecule has 0 aliphatic heterocycles. The van der Waals surface area contributed by atoms with Crippen LogP contribution in [0.15, 0.2) is 47.4 Å². The van der Waals surface area contributed by atoms with Crippen molar-refractivity contribution >= 4 is 27.4 Å². The fourth-order valence-corrected chi connectivity index (χ4v) is 3.06. The van der Waals surface area contributed by atoms with Gasteiger partial charge in [0, 0.05) is 6.26 Å². The number of amides is 1. The minimum absolute atomic E-state index is 0.316. The van der Waals surface area contributed by atoms with E-state index in [9.17, 15) is 31.2 Å². The number of hydrogen-bond acceptors (Lipinski definition) is 4. The van der Waals surface area contributed by atoms with Crippen molar-refractivity contribution in [3.8, 4) is 0 Å². The highest BCUT2D eigenvalue weighted by Crippen LogP contribution is 2.32. The second-order valence-corrected chi connectivity index (χ2v) is 7.27. The Balaban J connectivity index is 2.52. The predicted octanol–water partition coefficient (Wildman–Crippen LogP) is 3.06. The monoisotopic (exact) mass is 387 g/mol. The van der Waals surface area contributed by atoms with E-state index in [2.05, 4.69) is 0 Å². The lowest BCUT2D eigenvalue weighted by Crippen LogP contribution is -2.18. The zero-order valence-electron chi connectivity index (χ0n) is 13.2. The van der Waals surface area contributed by atoms with Crippen molar-refractivity contribution in [2.75, 3.05) is 11.6 Å². The molecule has 0 saturated heterocycles. The fraction of sp³-hybridized carbons (Fsp3) is 0.125. The zero-order valence-corrected chi connectivity index (χ0v) is 14.0. The van der Waals surface area contributed by atoms with Crippen LogP contribution in [0.4, 0.5) is 18.9 Å². The first kappa shape index (κ1) is 19.4. The molecule has 0 bridgehead atoms. The number of carboxylic acid groups (broad SMARTS) is 1. The number of anilines is 1. The molecule has 2 N–H and O–H groups in total. The van der Waals surface area contributed by atoms with Crippen molar-refractivity contribution in [1.82, 2.24) is 0 Å². The molecule has 0 spiro atoms. The summed E-state index contributed by atoms with van der Waals surface area (Å²) in [5, 5.41) is 11.1. The summed E-state index contributed by atoms with van der Waals surface area (Å²) in [4.78, 5) is 23.2. The van der Waals surface area contributed by atoms with Gasteiger partial charge in [0.2, 0.25) is 0 Å². The van der Waals surface area contributed by atoms with Gasteiger partial charge in [-0.2, -0.15) is 13.2 Å². The van der Waals surface area contributed by atoms with Crippen LogP contribution >= 0.6 is 0 Å². The van der Waals surface area contributed by atoms with Crippen molar-refractivity contribution in [2.24, 2.45) is 0 Å². The Labute approximate surface area is 146 Å². The lowest BCUT2D eigenvalue weighted by Gasteiger charge is -2.13. The number of rotatable bonds is 4. The van der Waals surface area contributed by atoms with Gasteiger partial charge in [0.1, 0.15) is 0 Å². The van der Waals surface area contributed by atoms with Crippen molar-refractivity contribution in [3.63, 3.8) is 0 Å². The van der Waals surface area contributed by atoms with Crippen LogP contribution in [0.5, 0.6) is 0 Å². The van der Waals surface area contributed by atoms with E-state index in [1.165, 1.54) is 18.2 Å². The normalized spacial score (nSPS) is 11.8. The van der Waals surface area contributed by atoms with Crippen molar-refractivity contribution in [1.29, 1.82) is 0 Å². The summed E-state index contributed by atoms with van der Waals surface area (Å²) >= 11 is 0. The molecule has 2 aromatic rings. The molecular weight excluding hydrogens is 375 g/mol. The zero-order chi connectivity index (χ0) is 19.7. The standard InChI is InChI=1S/C16H12F3NO5S/c1-26(24,25)13-5-3-2-4-11(13)14(21)20-12-8-9(16(17,18)19)6-7-10(12)15(22)23/h2-8H,1H3,(H,20,21)(H,22,23). The number of nitrogens with one attached hydrogen (secondary N) is 1. The molecule has 138 valence electrons. The summed E-state index contributed by atoms with van der Waals surface area (Å²) in [5.74, 6) is -2.60. The molecule has 2 rings (SSSR count). The maximum Gasteiger partial charge on any atom is 0.416 e. The van der Waals surface area contributed by atoms with Gasteiger partial charge in [-0.3, -0.25) is 4.79 Å². The van der Waals surface area contributed by atoms with E-state index in [1.807, 2.05) is 5.32 Å². The minimum Gasteiger partial charge on any atom is -0.478 e. The highest BCUT2D eigenvalue weighted by Gasteiger charge is 2.32. The molecule has 0 unspecified atom stereocenters. The van der Waals surface area contributed by atoms with E-state index < -0.39 is 44.7 Å². The molecule has 0 atom stereocenters. The van der Waals surface area contributed by atoms with Crippen LogP contribution in [0.25, 0.3) is 0 Å². The summed E-state index contributed by atoms with van der Waals surface area (Å²) in [6.45, 7) is 0. The average molecular weight is 387 g/mol. The number of aromatic carboxylic acids is 1. The van der Waals surface area contributed by atoms with Gasteiger partial charge in [-0.05, 0) is 30.3 Å². The molecule has 0 aromatic heterocycles. The number of alkyl halides is 3. The maximum absolute atomic E-state index is 12.8. The molecule has 0 heterocycles. The molecule has 10 heteroatoms. The van der Waals surface area contributed by atoms with Gasteiger partial charge < -0.3 is 10.4 Å². The van der Waals surface area contributed by atoms with Gasteiger partial charge in [0.25, 0.3) is 5.91 Å². The summed E-state index contributed by atoms with van der Waals surface area (Å²) in [5.41, 5.74) is -2.64. The highest BCUT2D eigenvalue weighted by atomic mass is 32.2. The van der Waals surface area contributed by atoms with Crippen molar-refractivity contribution in [2.45, 2.75) is 11.1 Å². The van der Waals surface area contributed by atoms with Gasteiger partial charge in [0.05, 0.1) is 27.3 Å². The van der Waals surface area contributed by atoms with Gasteiger partial charge in [-0.25, -0.2) is 13.2 Å². The molecule has 0 aliphatic rings. The van der Waals surface area contributed by atoms with Crippen LogP contribution in [-0.2, 0) is 16.0 Å². The quantitative estimate of drug-likeness (QED) is 0.840. The summed E-state index contributed by atoms with van der Waals surface area (Å²) in [7, 11) is -3.79. The first-order chi connectivity index (χ1) is 11.9. The third-order valence-corrected chi connectivity index (χ3v) is 4.51. The molecule has 0 saturated carbocycles. The topological polar surface area (TPSA) is 101 Å². The number of halogens is 3. The van der Waals surface area contributed by atoms with Crippen LogP contribution in [-0.4, -0.2) is 31.7 Å². The largest absolute Gasteiger partial charge is 0.478 e. The Bertz CT molecular complexity index is 984. The van der Waals surface area contributed by atoms with Crippen LogP contribution in [0.1, 0.15) is 26.3 Å². The minimum atomic E-state index is -4.75. The van der Waals surface area contributed by atoms with E-state index >= 15 is 0 Å². The number of benzene rings is 2. The number of sulfone groups is 1. The fourth-order valence-electron chi connectivity index (χ4n) is 2.18. The summed E-state index contributed by atoms with van der Waals surface area (Å²) in [6.07, 6.45) is -3.88. The van der Waals surface area contributed by atoms with Gasteiger partial charge in [-0.1, -0.05) is 12.1 Å². The Morgan fingerprint density at radius 2 is 1.65 bits per heavy atom. The van der Waals surface area contributed by atoms with Gasteiger partial charge in [0.15, 0.2) is 9.84 Å². The molecule has 26 heavy (non-hydrogen) atoms. The second kappa shape index (κ2) is 6.79. The molecule has 0 aliphatic carbocycles. The molecule has 0 radical (unpaired) electrons. The lowest BCUT2D eigenvalue weighted by molar-refractivity contribution is -0.137. The molecule has 0 fully saturated rings. The Morgan fingerprint density at radius 3 is 2.19 bits per heavy atom.